The van der Waals surface area contributed by atoms with Gasteiger partial charge >= 0.3 is 0 Å². The second kappa shape index (κ2) is 11.8. The molecule has 0 radical (unpaired) electrons. The van der Waals surface area contributed by atoms with Crippen molar-refractivity contribution < 1.29 is 0 Å². The molecule has 0 heterocycles. The fourth-order valence-electron chi connectivity index (χ4n) is 2.93. The molecule has 0 N–H and O–H groups in total. The summed E-state index contributed by atoms with van der Waals surface area (Å²) in [6, 6.07) is 0. The van der Waals surface area contributed by atoms with Crippen molar-refractivity contribution in [1.82, 2.24) is 0 Å². The van der Waals surface area contributed by atoms with Gasteiger partial charge in [-0.15, -0.1) is 0 Å². The normalized spacial score (nSPS) is 16.6. The van der Waals surface area contributed by atoms with Crippen LogP contribution in [0.25, 0.3) is 0 Å². The Labute approximate surface area is 123 Å². The third-order valence-corrected chi connectivity index (χ3v) is 5.01. The molecule has 19 heavy (non-hydrogen) atoms. The highest BCUT2D eigenvalue weighted by Gasteiger charge is 2.18. The molecule has 0 bridgehead atoms. The van der Waals surface area contributed by atoms with E-state index in [0.717, 1.165) is 23.7 Å². The molecule has 0 aromatic carbocycles. The van der Waals surface area contributed by atoms with E-state index in [9.17, 15) is 0 Å². The Morgan fingerprint density at radius 2 is 1.11 bits per heavy atom. The predicted molar refractivity (Wildman–Crippen MR) is 89.6 cm³/mol. The predicted octanol–water partition coefficient (Wildman–Crippen LogP) is 7.08. The molecule has 116 valence electrons. The fraction of sp³-hybridized carbons (Fsp3) is 1.00. The molecule has 0 aliphatic heterocycles. The Kier molecular flexibility index (Phi) is 11.8. The summed E-state index contributed by atoms with van der Waals surface area (Å²) in [6.45, 7) is 14.4. The maximum Gasteiger partial charge on any atom is -0.0391 e. The monoisotopic (exact) mass is 268 g/mol. The average molecular weight is 269 g/mol. The van der Waals surface area contributed by atoms with Crippen LogP contribution in [0.4, 0.5) is 0 Å². The summed E-state index contributed by atoms with van der Waals surface area (Å²) in [4.78, 5) is 0. The first-order valence-electron chi connectivity index (χ1n) is 8.99. The zero-order chi connectivity index (χ0) is 14.7. The SMILES string of the molecule is CCCCCCCCC(C)C(C)C(C)CCC(C)C. The van der Waals surface area contributed by atoms with Crippen LogP contribution in [-0.4, -0.2) is 0 Å². The molecule has 0 fully saturated rings. The Balaban J connectivity index is 3.65. The molecular formula is C19H40. The third kappa shape index (κ3) is 10.4. The van der Waals surface area contributed by atoms with E-state index in [1.54, 1.807) is 0 Å². The lowest BCUT2D eigenvalue weighted by Crippen LogP contribution is -2.17. The minimum absolute atomic E-state index is 0.864. The second-order valence-electron chi connectivity index (χ2n) is 7.34. The highest BCUT2D eigenvalue weighted by molar-refractivity contribution is 4.69. The number of hydrogen-bond acceptors (Lipinski definition) is 0. The second-order valence-corrected chi connectivity index (χ2v) is 7.34. The van der Waals surface area contributed by atoms with E-state index < -0.39 is 0 Å². The van der Waals surface area contributed by atoms with Crippen molar-refractivity contribution in [3.63, 3.8) is 0 Å². The quantitative estimate of drug-likeness (QED) is 0.332. The van der Waals surface area contributed by atoms with Gasteiger partial charge in [-0.1, -0.05) is 99.3 Å². The summed E-state index contributed by atoms with van der Waals surface area (Å²) >= 11 is 0. The summed E-state index contributed by atoms with van der Waals surface area (Å²) in [5, 5.41) is 0. The van der Waals surface area contributed by atoms with E-state index in [2.05, 4.69) is 41.5 Å². The van der Waals surface area contributed by atoms with Gasteiger partial charge in [-0.2, -0.15) is 0 Å². The molecule has 3 unspecified atom stereocenters. The van der Waals surface area contributed by atoms with Crippen molar-refractivity contribution in [3.05, 3.63) is 0 Å². The van der Waals surface area contributed by atoms with Gasteiger partial charge < -0.3 is 0 Å². The maximum atomic E-state index is 2.48. The molecule has 0 aromatic heterocycles. The topological polar surface area (TPSA) is 0 Å². The van der Waals surface area contributed by atoms with Gasteiger partial charge in [0.15, 0.2) is 0 Å². The van der Waals surface area contributed by atoms with Crippen molar-refractivity contribution in [1.29, 1.82) is 0 Å². The first-order valence-corrected chi connectivity index (χ1v) is 8.99. The molecule has 0 rings (SSSR count). The van der Waals surface area contributed by atoms with Crippen LogP contribution in [0.2, 0.25) is 0 Å². The van der Waals surface area contributed by atoms with Gasteiger partial charge in [0.2, 0.25) is 0 Å². The van der Waals surface area contributed by atoms with E-state index in [1.165, 1.54) is 57.8 Å². The smallest absolute Gasteiger partial charge is 0.0391 e. The Bertz CT molecular complexity index is 182. The number of hydrogen-bond donors (Lipinski definition) is 0. The maximum absolute atomic E-state index is 2.48. The van der Waals surface area contributed by atoms with E-state index in [1.807, 2.05) is 0 Å². The van der Waals surface area contributed by atoms with Crippen LogP contribution >= 0.6 is 0 Å². The first kappa shape index (κ1) is 19.0. The van der Waals surface area contributed by atoms with Crippen LogP contribution in [0, 0.1) is 23.7 Å². The molecule has 0 saturated heterocycles. The van der Waals surface area contributed by atoms with Crippen LogP contribution in [0.1, 0.15) is 99.3 Å². The minimum Gasteiger partial charge on any atom is -0.0654 e. The summed E-state index contributed by atoms with van der Waals surface area (Å²) in [5.41, 5.74) is 0. The zero-order valence-corrected chi connectivity index (χ0v) is 14.7. The van der Waals surface area contributed by atoms with Gasteiger partial charge in [0.05, 0.1) is 0 Å². The highest BCUT2D eigenvalue weighted by Crippen LogP contribution is 2.29. The van der Waals surface area contributed by atoms with Gasteiger partial charge in [-0.05, 0) is 23.7 Å². The van der Waals surface area contributed by atoms with Gasteiger partial charge in [-0.3, -0.25) is 0 Å². The molecule has 0 aliphatic rings. The van der Waals surface area contributed by atoms with Crippen molar-refractivity contribution in [2.24, 2.45) is 23.7 Å². The van der Waals surface area contributed by atoms with E-state index in [0.29, 0.717) is 0 Å². The molecule has 0 amide bonds. The zero-order valence-electron chi connectivity index (χ0n) is 14.7. The van der Waals surface area contributed by atoms with Crippen LogP contribution in [0.5, 0.6) is 0 Å². The van der Waals surface area contributed by atoms with E-state index in [-0.39, 0.29) is 0 Å². The van der Waals surface area contributed by atoms with E-state index in [4.69, 9.17) is 0 Å². The fourth-order valence-corrected chi connectivity index (χ4v) is 2.93. The Hall–Kier alpha value is 0. The lowest BCUT2D eigenvalue weighted by atomic mass is 9.79. The van der Waals surface area contributed by atoms with Crippen LogP contribution in [0.3, 0.4) is 0 Å². The lowest BCUT2D eigenvalue weighted by molar-refractivity contribution is 0.239. The molecular weight excluding hydrogens is 228 g/mol. The molecule has 0 spiro atoms. The first-order chi connectivity index (χ1) is 8.99. The standard InChI is InChI=1S/C19H40/c1-7-8-9-10-11-12-13-17(4)19(6)18(5)15-14-16(2)3/h16-19H,7-15H2,1-6H3. The third-order valence-electron chi connectivity index (χ3n) is 5.01. The summed E-state index contributed by atoms with van der Waals surface area (Å²) < 4.78 is 0. The average Bonchev–Trinajstić information content (AvgIpc) is 2.38. The minimum atomic E-state index is 0.864. The van der Waals surface area contributed by atoms with E-state index >= 15 is 0 Å². The van der Waals surface area contributed by atoms with Crippen molar-refractivity contribution in [2.45, 2.75) is 99.3 Å². The summed E-state index contributed by atoms with van der Waals surface area (Å²) in [7, 11) is 0. The molecule has 0 heteroatoms. The van der Waals surface area contributed by atoms with Crippen LogP contribution < -0.4 is 0 Å². The molecule has 0 saturated carbocycles. The molecule has 3 atom stereocenters. The Morgan fingerprint density at radius 1 is 0.579 bits per heavy atom. The number of unbranched alkanes of at least 4 members (excludes halogenated alkanes) is 5. The molecule has 0 aromatic rings. The van der Waals surface area contributed by atoms with Gasteiger partial charge in [-0.25, -0.2) is 0 Å². The van der Waals surface area contributed by atoms with Gasteiger partial charge in [0, 0.05) is 0 Å². The van der Waals surface area contributed by atoms with Gasteiger partial charge in [0.1, 0.15) is 0 Å². The molecule has 0 aliphatic carbocycles. The van der Waals surface area contributed by atoms with Crippen molar-refractivity contribution >= 4 is 0 Å². The molecule has 0 nitrogen and oxygen atoms in total. The Morgan fingerprint density at radius 3 is 1.68 bits per heavy atom. The highest BCUT2D eigenvalue weighted by atomic mass is 14.2. The number of rotatable bonds is 12. The van der Waals surface area contributed by atoms with Crippen molar-refractivity contribution in [2.75, 3.05) is 0 Å². The lowest BCUT2D eigenvalue weighted by Gasteiger charge is -2.26. The van der Waals surface area contributed by atoms with Crippen molar-refractivity contribution in [3.8, 4) is 0 Å². The van der Waals surface area contributed by atoms with Crippen LogP contribution in [0.15, 0.2) is 0 Å². The van der Waals surface area contributed by atoms with Crippen LogP contribution in [-0.2, 0) is 0 Å². The van der Waals surface area contributed by atoms with Gasteiger partial charge in [0.25, 0.3) is 0 Å². The summed E-state index contributed by atoms with van der Waals surface area (Å²) in [5.74, 6) is 3.57. The summed E-state index contributed by atoms with van der Waals surface area (Å²) in [6.07, 6.45) is 12.9. The largest absolute Gasteiger partial charge is 0.0654 e.